The Balaban J connectivity index is 2.31. The normalized spacial score (nSPS) is 19.9. The standard InChI is InChI=1S/C13H25N5O/c1-10(2)11(17-6-8-19-9-7-17)12-14-15-16-18(12)13(3,4)5/h10-11H,6-9H2,1-5H3/p+1/t11-/m0/s1. The van der Waals surface area contributed by atoms with E-state index in [-0.39, 0.29) is 5.54 Å². The van der Waals surface area contributed by atoms with Crippen LogP contribution in [0, 0.1) is 5.92 Å². The Labute approximate surface area is 115 Å². The monoisotopic (exact) mass is 268 g/mol. The summed E-state index contributed by atoms with van der Waals surface area (Å²) in [6.07, 6.45) is 0. The molecule has 1 fully saturated rings. The van der Waals surface area contributed by atoms with Gasteiger partial charge >= 0.3 is 0 Å². The number of nitrogens with one attached hydrogen (secondary N) is 1. The van der Waals surface area contributed by atoms with E-state index in [1.165, 1.54) is 4.90 Å². The number of morpholine rings is 1. The fraction of sp³-hybridized carbons (Fsp3) is 0.923. The third kappa shape index (κ3) is 3.12. The minimum absolute atomic E-state index is 0.0856. The molecule has 1 atom stereocenters. The van der Waals surface area contributed by atoms with Gasteiger partial charge < -0.3 is 9.64 Å². The maximum atomic E-state index is 5.47. The van der Waals surface area contributed by atoms with Gasteiger partial charge in [-0.05, 0) is 31.2 Å². The summed E-state index contributed by atoms with van der Waals surface area (Å²) >= 11 is 0. The second-order valence-corrected chi connectivity index (χ2v) is 6.61. The maximum absolute atomic E-state index is 5.47. The molecule has 1 aromatic rings. The molecule has 6 heteroatoms. The highest BCUT2D eigenvalue weighted by Crippen LogP contribution is 2.21. The molecule has 1 aromatic heterocycles. The number of hydrogen-bond donors (Lipinski definition) is 1. The van der Waals surface area contributed by atoms with E-state index in [0.29, 0.717) is 12.0 Å². The van der Waals surface area contributed by atoms with Gasteiger partial charge in [0.05, 0.1) is 18.8 Å². The Hall–Kier alpha value is -1.01. The Morgan fingerprint density at radius 2 is 1.84 bits per heavy atom. The summed E-state index contributed by atoms with van der Waals surface area (Å²) < 4.78 is 7.44. The van der Waals surface area contributed by atoms with Crippen molar-refractivity contribution in [3.05, 3.63) is 5.82 Å². The second-order valence-electron chi connectivity index (χ2n) is 6.61. The van der Waals surface area contributed by atoms with Crippen LogP contribution in [0.3, 0.4) is 0 Å². The topological polar surface area (TPSA) is 57.3 Å². The predicted molar refractivity (Wildman–Crippen MR) is 71.9 cm³/mol. The Kier molecular flexibility index (Phi) is 4.20. The summed E-state index contributed by atoms with van der Waals surface area (Å²) in [5.41, 5.74) is -0.0856. The van der Waals surface area contributed by atoms with E-state index >= 15 is 0 Å². The average Bonchev–Trinajstić information content (AvgIpc) is 2.79. The van der Waals surface area contributed by atoms with Crippen LogP contribution in [0.1, 0.15) is 46.5 Å². The molecule has 0 aliphatic carbocycles. The third-order valence-electron chi connectivity index (χ3n) is 3.65. The van der Waals surface area contributed by atoms with Gasteiger partial charge in [-0.1, -0.05) is 13.8 Å². The molecule has 1 saturated heterocycles. The Bertz CT molecular complexity index is 403. The summed E-state index contributed by atoms with van der Waals surface area (Å²) in [4.78, 5) is 1.53. The molecule has 0 saturated carbocycles. The number of nitrogens with zero attached hydrogens (tertiary/aromatic N) is 4. The molecule has 6 nitrogen and oxygen atoms in total. The van der Waals surface area contributed by atoms with Crippen molar-refractivity contribution in [2.45, 2.75) is 46.2 Å². The van der Waals surface area contributed by atoms with Gasteiger partial charge in [-0.2, -0.15) is 0 Å². The van der Waals surface area contributed by atoms with E-state index in [1.54, 1.807) is 0 Å². The van der Waals surface area contributed by atoms with E-state index in [0.717, 1.165) is 32.1 Å². The van der Waals surface area contributed by atoms with Crippen molar-refractivity contribution in [3.8, 4) is 0 Å². The van der Waals surface area contributed by atoms with Crippen molar-refractivity contribution in [2.75, 3.05) is 26.3 Å². The zero-order valence-corrected chi connectivity index (χ0v) is 12.7. The van der Waals surface area contributed by atoms with E-state index < -0.39 is 0 Å². The average molecular weight is 268 g/mol. The van der Waals surface area contributed by atoms with Gasteiger partial charge in [0.2, 0.25) is 5.82 Å². The third-order valence-corrected chi connectivity index (χ3v) is 3.65. The quantitative estimate of drug-likeness (QED) is 0.841. The maximum Gasteiger partial charge on any atom is 0.210 e. The van der Waals surface area contributed by atoms with Crippen LogP contribution in [0.4, 0.5) is 0 Å². The molecule has 19 heavy (non-hydrogen) atoms. The van der Waals surface area contributed by atoms with E-state index in [4.69, 9.17) is 4.74 Å². The van der Waals surface area contributed by atoms with Gasteiger partial charge in [0, 0.05) is 5.92 Å². The van der Waals surface area contributed by atoms with Gasteiger partial charge in [-0.25, -0.2) is 4.68 Å². The lowest BCUT2D eigenvalue weighted by atomic mass is 9.99. The van der Waals surface area contributed by atoms with E-state index in [9.17, 15) is 0 Å². The van der Waals surface area contributed by atoms with Gasteiger partial charge in [-0.15, -0.1) is 5.10 Å². The molecule has 0 radical (unpaired) electrons. The number of aromatic nitrogens is 4. The molecule has 0 spiro atoms. The molecule has 1 aliphatic rings. The number of hydrogen-bond acceptors (Lipinski definition) is 4. The first-order valence-corrected chi connectivity index (χ1v) is 7.12. The highest BCUT2D eigenvalue weighted by molar-refractivity contribution is 4.93. The van der Waals surface area contributed by atoms with Gasteiger partial charge in [0.1, 0.15) is 13.1 Å². The smallest absolute Gasteiger partial charge is 0.210 e. The predicted octanol–water partition coefficient (Wildman–Crippen LogP) is 0.0403. The van der Waals surface area contributed by atoms with Crippen LogP contribution in [0.2, 0.25) is 0 Å². The van der Waals surface area contributed by atoms with E-state index in [2.05, 4.69) is 50.1 Å². The van der Waals surface area contributed by atoms with Crippen LogP contribution < -0.4 is 4.90 Å². The molecule has 2 rings (SSSR count). The first-order chi connectivity index (χ1) is 8.91. The fourth-order valence-electron chi connectivity index (χ4n) is 2.76. The lowest BCUT2D eigenvalue weighted by molar-refractivity contribution is -0.943. The van der Waals surface area contributed by atoms with Crippen LogP contribution in [-0.2, 0) is 10.3 Å². The summed E-state index contributed by atoms with van der Waals surface area (Å²) in [7, 11) is 0. The summed E-state index contributed by atoms with van der Waals surface area (Å²) in [6.45, 7) is 14.6. The summed E-state index contributed by atoms with van der Waals surface area (Å²) in [5, 5.41) is 12.4. The number of quaternary nitrogens is 1. The largest absolute Gasteiger partial charge is 0.370 e. The highest BCUT2D eigenvalue weighted by atomic mass is 16.5. The molecule has 0 bridgehead atoms. The lowest BCUT2D eigenvalue weighted by Gasteiger charge is -2.34. The molecule has 1 N–H and O–H groups in total. The van der Waals surface area contributed by atoms with Crippen molar-refractivity contribution in [1.82, 2.24) is 20.2 Å². The number of ether oxygens (including phenoxy) is 1. The van der Waals surface area contributed by atoms with Crippen molar-refractivity contribution in [2.24, 2.45) is 5.92 Å². The van der Waals surface area contributed by atoms with Crippen molar-refractivity contribution >= 4 is 0 Å². The molecular formula is C13H26N5O+. The molecular weight excluding hydrogens is 242 g/mol. The van der Waals surface area contributed by atoms with Gasteiger partial charge in [0.25, 0.3) is 0 Å². The van der Waals surface area contributed by atoms with Crippen LogP contribution in [-0.4, -0.2) is 46.5 Å². The Morgan fingerprint density at radius 1 is 1.21 bits per heavy atom. The second kappa shape index (κ2) is 5.54. The SMILES string of the molecule is CC(C)[C@@H](c1nnnn1C(C)(C)C)[NH+]1CCOCC1. The zero-order chi connectivity index (χ0) is 14.0. The lowest BCUT2D eigenvalue weighted by Crippen LogP contribution is -3.15. The summed E-state index contributed by atoms with van der Waals surface area (Å²) in [6, 6.07) is 0.332. The van der Waals surface area contributed by atoms with Crippen LogP contribution in [0.15, 0.2) is 0 Å². The van der Waals surface area contributed by atoms with Gasteiger partial charge in [-0.3, -0.25) is 0 Å². The molecule has 0 amide bonds. The molecule has 108 valence electrons. The first-order valence-electron chi connectivity index (χ1n) is 7.12. The molecule has 0 unspecified atom stereocenters. The van der Waals surface area contributed by atoms with Gasteiger partial charge in [0.15, 0.2) is 6.04 Å². The minimum Gasteiger partial charge on any atom is -0.370 e. The fourth-order valence-corrected chi connectivity index (χ4v) is 2.76. The van der Waals surface area contributed by atoms with E-state index in [1.807, 2.05) is 4.68 Å². The van der Waals surface area contributed by atoms with Crippen molar-refractivity contribution < 1.29 is 9.64 Å². The molecule has 0 aromatic carbocycles. The van der Waals surface area contributed by atoms with Crippen molar-refractivity contribution in [1.29, 1.82) is 0 Å². The van der Waals surface area contributed by atoms with Crippen LogP contribution in [0.25, 0.3) is 0 Å². The number of tetrazole rings is 1. The summed E-state index contributed by atoms with van der Waals surface area (Å²) in [5.74, 6) is 1.50. The highest BCUT2D eigenvalue weighted by Gasteiger charge is 2.35. The zero-order valence-electron chi connectivity index (χ0n) is 12.7. The van der Waals surface area contributed by atoms with Crippen LogP contribution in [0.5, 0.6) is 0 Å². The van der Waals surface area contributed by atoms with Crippen molar-refractivity contribution in [3.63, 3.8) is 0 Å². The minimum atomic E-state index is -0.0856. The van der Waals surface area contributed by atoms with Crippen LogP contribution >= 0.6 is 0 Å². The molecule has 1 aliphatic heterocycles. The number of rotatable bonds is 3. The first kappa shape index (κ1) is 14.4. The molecule has 2 heterocycles. The Morgan fingerprint density at radius 3 is 2.37 bits per heavy atom.